The van der Waals surface area contributed by atoms with E-state index in [4.69, 9.17) is 16.3 Å². The van der Waals surface area contributed by atoms with E-state index in [1.807, 2.05) is 51.9 Å². The third kappa shape index (κ3) is 4.68. The molecule has 2 aliphatic heterocycles. The minimum absolute atomic E-state index is 0.00270. The van der Waals surface area contributed by atoms with Crippen molar-refractivity contribution in [3.05, 3.63) is 59.6 Å². The molecule has 1 N–H and O–H groups in total. The number of ether oxygens (including phenoxy) is 1. The molecule has 8 heteroatoms. The number of piperidine rings is 1. The highest BCUT2D eigenvalue weighted by Crippen LogP contribution is 2.44. The van der Waals surface area contributed by atoms with Gasteiger partial charge in [-0.15, -0.1) is 11.8 Å². The predicted molar refractivity (Wildman–Crippen MR) is 120 cm³/mol. The smallest absolute Gasteiger partial charge is 0.321 e. The van der Waals surface area contributed by atoms with E-state index in [-0.39, 0.29) is 23.4 Å². The number of nitrogens with one attached hydrogen (secondary N) is 1. The molecule has 6 nitrogen and oxygen atoms in total. The van der Waals surface area contributed by atoms with Gasteiger partial charge in [-0.2, -0.15) is 0 Å². The third-order valence-electron chi connectivity index (χ3n) is 5.51. The van der Waals surface area contributed by atoms with Crippen molar-refractivity contribution in [1.29, 1.82) is 0 Å². The second kappa shape index (κ2) is 9.18. The molecule has 0 bridgehead atoms. The largest absolute Gasteiger partial charge is 0.484 e. The lowest BCUT2D eigenvalue weighted by Crippen LogP contribution is -2.55. The maximum absolute atomic E-state index is 12.9. The molecule has 1 spiro atoms. The van der Waals surface area contributed by atoms with Gasteiger partial charge in [0.25, 0.3) is 5.91 Å². The first kappa shape index (κ1) is 20.9. The van der Waals surface area contributed by atoms with Crippen LogP contribution >= 0.6 is 23.4 Å². The van der Waals surface area contributed by atoms with Crippen molar-refractivity contribution in [1.82, 2.24) is 9.80 Å². The van der Waals surface area contributed by atoms with Crippen LogP contribution in [0.5, 0.6) is 5.75 Å². The van der Waals surface area contributed by atoms with Gasteiger partial charge in [0.05, 0.1) is 4.87 Å². The first-order valence-corrected chi connectivity index (χ1v) is 11.4. The highest BCUT2D eigenvalue weighted by molar-refractivity contribution is 8.00. The monoisotopic (exact) mass is 445 g/mol. The number of hydrogen-bond donors (Lipinski definition) is 1. The van der Waals surface area contributed by atoms with Crippen molar-refractivity contribution in [2.75, 3.05) is 37.3 Å². The van der Waals surface area contributed by atoms with E-state index in [2.05, 4.69) is 5.32 Å². The molecular formula is C22H24ClN3O3S. The topological polar surface area (TPSA) is 61.9 Å². The SMILES string of the molecule is O=C(Nc1ccc(Cl)cc1)N1CCC2(CC1)SCCN2C(=O)COc1ccccc1. The van der Waals surface area contributed by atoms with E-state index in [0.29, 0.717) is 23.9 Å². The maximum atomic E-state index is 12.9. The molecule has 2 aromatic rings. The lowest BCUT2D eigenvalue weighted by molar-refractivity contribution is -0.136. The Balaban J connectivity index is 1.32. The number of carbonyl (C=O) groups excluding carboxylic acids is 2. The lowest BCUT2D eigenvalue weighted by Gasteiger charge is -2.43. The number of rotatable bonds is 4. The summed E-state index contributed by atoms with van der Waals surface area (Å²) >= 11 is 7.72. The summed E-state index contributed by atoms with van der Waals surface area (Å²) < 4.78 is 5.66. The number of nitrogens with zero attached hydrogens (tertiary/aromatic N) is 2. The molecule has 2 aliphatic rings. The molecule has 3 amide bonds. The van der Waals surface area contributed by atoms with Crippen LogP contribution in [0.1, 0.15) is 12.8 Å². The average Bonchev–Trinajstić information content (AvgIpc) is 3.18. The van der Waals surface area contributed by atoms with Crippen molar-refractivity contribution in [3.63, 3.8) is 0 Å². The minimum Gasteiger partial charge on any atom is -0.484 e. The van der Waals surface area contributed by atoms with Crippen LogP contribution in [-0.2, 0) is 4.79 Å². The van der Waals surface area contributed by atoms with Gasteiger partial charge in [-0.25, -0.2) is 4.79 Å². The number of halogens is 1. The molecule has 30 heavy (non-hydrogen) atoms. The van der Waals surface area contributed by atoms with Crippen LogP contribution in [0.15, 0.2) is 54.6 Å². The van der Waals surface area contributed by atoms with Crippen LogP contribution in [-0.4, -0.2) is 58.6 Å². The Bertz CT molecular complexity index is 886. The fourth-order valence-corrected chi connectivity index (χ4v) is 5.51. The summed E-state index contributed by atoms with van der Waals surface area (Å²) in [6, 6.07) is 16.3. The van der Waals surface area contributed by atoms with Gasteiger partial charge in [0.15, 0.2) is 6.61 Å². The van der Waals surface area contributed by atoms with Gasteiger partial charge in [-0.05, 0) is 49.2 Å². The molecule has 0 aromatic heterocycles. The quantitative estimate of drug-likeness (QED) is 0.761. The first-order valence-electron chi connectivity index (χ1n) is 10.00. The summed E-state index contributed by atoms with van der Waals surface area (Å²) in [5, 5.41) is 3.54. The van der Waals surface area contributed by atoms with Crippen molar-refractivity contribution in [3.8, 4) is 5.75 Å². The summed E-state index contributed by atoms with van der Waals surface area (Å²) in [5.74, 6) is 1.61. The molecule has 2 heterocycles. The highest BCUT2D eigenvalue weighted by Gasteiger charge is 2.46. The Kier molecular flexibility index (Phi) is 6.39. The summed E-state index contributed by atoms with van der Waals surface area (Å²) in [4.78, 5) is 29.0. The fourth-order valence-electron chi connectivity index (χ4n) is 3.91. The first-order chi connectivity index (χ1) is 14.6. The molecule has 0 atom stereocenters. The van der Waals surface area contributed by atoms with Crippen molar-refractivity contribution in [2.45, 2.75) is 17.7 Å². The van der Waals surface area contributed by atoms with Gasteiger partial charge in [-0.3, -0.25) is 4.79 Å². The maximum Gasteiger partial charge on any atom is 0.321 e. The average molecular weight is 446 g/mol. The normalized spacial score (nSPS) is 17.8. The Morgan fingerprint density at radius 2 is 1.73 bits per heavy atom. The number of anilines is 1. The second-order valence-corrected chi connectivity index (χ2v) is 9.26. The van der Waals surface area contributed by atoms with Gasteiger partial charge < -0.3 is 19.9 Å². The third-order valence-corrected chi connectivity index (χ3v) is 7.32. The zero-order chi connectivity index (χ0) is 21.0. The molecule has 158 valence electrons. The standard InChI is InChI=1S/C22H24ClN3O3S/c23-17-6-8-18(9-7-17)24-21(28)25-12-10-22(11-13-25)26(14-15-30-22)20(27)16-29-19-4-2-1-3-5-19/h1-9H,10-16H2,(H,24,28). The summed E-state index contributed by atoms with van der Waals surface area (Å²) in [5.41, 5.74) is 0.717. The predicted octanol–water partition coefficient (Wildman–Crippen LogP) is 4.32. The zero-order valence-electron chi connectivity index (χ0n) is 16.6. The number of benzene rings is 2. The Hall–Kier alpha value is -2.38. The van der Waals surface area contributed by atoms with E-state index in [9.17, 15) is 9.59 Å². The van der Waals surface area contributed by atoms with E-state index >= 15 is 0 Å². The van der Waals surface area contributed by atoms with Gasteiger partial charge in [-0.1, -0.05) is 29.8 Å². The molecule has 2 aromatic carbocycles. The van der Waals surface area contributed by atoms with Gasteiger partial charge >= 0.3 is 6.03 Å². The van der Waals surface area contributed by atoms with Crippen molar-refractivity contribution >= 4 is 41.0 Å². The molecule has 2 saturated heterocycles. The van der Waals surface area contributed by atoms with E-state index < -0.39 is 0 Å². The number of para-hydroxylation sites is 1. The van der Waals surface area contributed by atoms with Gasteiger partial charge in [0, 0.05) is 36.1 Å². The summed E-state index contributed by atoms with van der Waals surface area (Å²) in [7, 11) is 0. The van der Waals surface area contributed by atoms with Crippen LogP contribution in [0.4, 0.5) is 10.5 Å². The number of hydrogen-bond acceptors (Lipinski definition) is 4. The Morgan fingerprint density at radius 1 is 1.03 bits per heavy atom. The molecule has 0 radical (unpaired) electrons. The number of carbonyl (C=O) groups is 2. The molecular weight excluding hydrogens is 422 g/mol. The molecule has 0 saturated carbocycles. The molecule has 2 fully saturated rings. The van der Waals surface area contributed by atoms with E-state index in [0.717, 1.165) is 30.8 Å². The van der Waals surface area contributed by atoms with Crippen LogP contribution in [0.3, 0.4) is 0 Å². The van der Waals surface area contributed by atoms with Crippen LogP contribution in [0.2, 0.25) is 5.02 Å². The van der Waals surface area contributed by atoms with Crippen molar-refractivity contribution in [2.24, 2.45) is 0 Å². The Morgan fingerprint density at radius 3 is 2.43 bits per heavy atom. The summed E-state index contributed by atoms with van der Waals surface area (Å²) in [6.45, 7) is 1.97. The van der Waals surface area contributed by atoms with Crippen LogP contribution in [0, 0.1) is 0 Å². The number of amides is 3. The van der Waals surface area contributed by atoms with Crippen LogP contribution < -0.4 is 10.1 Å². The zero-order valence-corrected chi connectivity index (χ0v) is 18.1. The van der Waals surface area contributed by atoms with Gasteiger partial charge in [0.2, 0.25) is 0 Å². The summed E-state index contributed by atoms with van der Waals surface area (Å²) in [6.07, 6.45) is 1.51. The lowest BCUT2D eigenvalue weighted by atomic mass is 10.0. The molecule has 0 unspecified atom stereocenters. The highest BCUT2D eigenvalue weighted by atomic mass is 35.5. The second-order valence-electron chi connectivity index (χ2n) is 7.37. The van der Waals surface area contributed by atoms with E-state index in [1.54, 1.807) is 24.3 Å². The molecule has 0 aliphatic carbocycles. The van der Waals surface area contributed by atoms with Crippen molar-refractivity contribution < 1.29 is 14.3 Å². The number of thioether (sulfide) groups is 1. The number of likely N-dealkylation sites (tertiary alicyclic amines) is 1. The number of urea groups is 1. The van der Waals surface area contributed by atoms with Crippen LogP contribution in [0.25, 0.3) is 0 Å². The fraction of sp³-hybridized carbons (Fsp3) is 0.364. The Labute approximate surface area is 185 Å². The van der Waals surface area contributed by atoms with E-state index in [1.165, 1.54) is 0 Å². The van der Waals surface area contributed by atoms with Gasteiger partial charge in [0.1, 0.15) is 5.75 Å². The molecule has 4 rings (SSSR count). The minimum atomic E-state index is -0.242.